The van der Waals surface area contributed by atoms with E-state index in [1.54, 1.807) is 0 Å². The topological polar surface area (TPSA) is 55.3 Å². The van der Waals surface area contributed by atoms with Crippen molar-refractivity contribution in [1.29, 1.82) is 0 Å². The zero-order chi connectivity index (χ0) is 10.6. The van der Waals surface area contributed by atoms with Gasteiger partial charge in [0, 0.05) is 18.7 Å². The second kappa shape index (κ2) is 5.12. The molecular formula is C10H19N3O. The van der Waals surface area contributed by atoms with Crippen LogP contribution in [0.4, 0.5) is 0 Å². The summed E-state index contributed by atoms with van der Waals surface area (Å²) in [7, 11) is 0. The molecular weight excluding hydrogens is 178 g/mol. The van der Waals surface area contributed by atoms with Gasteiger partial charge in [0.1, 0.15) is 11.5 Å². The van der Waals surface area contributed by atoms with Crippen LogP contribution in [0.15, 0.2) is 4.52 Å². The van der Waals surface area contributed by atoms with E-state index in [-0.39, 0.29) is 0 Å². The minimum absolute atomic E-state index is 0.506. The van der Waals surface area contributed by atoms with Crippen LogP contribution in [-0.2, 0) is 13.1 Å². The van der Waals surface area contributed by atoms with E-state index in [0.29, 0.717) is 6.54 Å². The Morgan fingerprint density at radius 3 is 2.50 bits per heavy atom. The van der Waals surface area contributed by atoms with Crippen molar-refractivity contribution < 1.29 is 4.52 Å². The van der Waals surface area contributed by atoms with Gasteiger partial charge in [-0.2, -0.15) is 0 Å². The molecule has 0 amide bonds. The minimum Gasteiger partial charge on any atom is -0.361 e. The van der Waals surface area contributed by atoms with Gasteiger partial charge in [-0.1, -0.05) is 19.0 Å². The van der Waals surface area contributed by atoms with Crippen LogP contribution in [-0.4, -0.2) is 23.1 Å². The highest BCUT2D eigenvalue weighted by Gasteiger charge is 2.12. The third-order valence-electron chi connectivity index (χ3n) is 2.54. The van der Waals surface area contributed by atoms with E-state index in [1.807, 2.05) is 6.92 Å². The predicted molar refractivity (Wildman–Crippen MR) is 55.8 cm³/mol. The van der Waals surface area contributed by atoms with Gasteiger partial charge < -0.3 is 10.3 Å². The molecule has 14 heavy (non-hydrogen) atoms. The van der Waals surface area contributed by atoms with Gasteiger partial charge in [0.05, 0.1) is 0 Å². The van der Waals surface area contributed by atoms with Gasteiger partial charge in [0.15, 0.2) is 0 Å². The molecule has 0 bridgehead atoms. The summed E-state index contributed by atoms with van der Waals surface area (Å²) in [6, 6.07) is 0. The van der Waals surface area contributed by atoms with Crippen molar-refractivity contribution in [2.75, 3.05) is 13.1 Å². The lowest BCUT2D eigenvalue weighted by Gasteiger charge is -2.16. The average Bonchev–Trinajstić information content (AvgIpc) is 2.55. The summed E-state index contributed by atoms with van der Waals surface area (Å²) in [5.74, 6) is 0.842. The Hall–Kier alpha value is -0.870. The molecule has 1 heterocycles. The van der Waals surface area contributed by atoms with E-state index in [0.717, 1.165) is 36.7 Å². The SMILES string of the molecule is CCN(CC)Cc1noc(C)c1CN. The largest absolute Gasteiger partial charge is 0.361 e. The zero-order valence-corrected chi connectivity index (χ0v) is 9.21. The lowest BCUT2D eigenvalue weighted by Crippen LogP contribution is -2.23. The Morgan fingerprint density at radius 1 is 1.36 bits per heavy atom. The molecule has 0 radical (unpaired) electrons. The first-order valence-electron chi connectivity index (χ1n) is 5.09. The van der Waals surface area contributed by atoms with Crippen LogP contribution in [0.1, 0.15) is 30.9 Å². The quantitative estimate of drug-likeness (QED) is 0.772. The Labute approximate surface area is 85.1 Å². The van der Waals surface area contributed by atoms with Gasteiger partial charge in [0.25, 0.3) is 0 Å². The van der Waals surface area contributed by atoms with Gasteiger partial charge >= 0.3 is 0 Å². The van der Waals surface area contributed by atoms with Crippen LogP contribution < -0.4 is 5.73 Å². The van der Waals surface area contributed by atoms with Crippen molar-refractivity contribution in [3.63, 3.8) is 0 Å². The molecule has 4 heteroatoms. The Kier molecular flexibility index (Phi) is 4.10. The summed E-state index contributed by atoms with van der Waals surface area (Å²) in [6.07, 6.45) is 0. The van der Waals surface area contributed by atoms with Gasteiger partial charge in [-0.3, -0.25) is 4.90 Å². The van der Waals surface area contributed by atoms with Gasteiger partial charge in [-0.25, -0.2) is 0 Å². The molecule has 0 saturated carbocycles. The third-order valence-corrected chi connectivity index (χ3v) is 2.54. The molecule has 0 aliphatic heterocycles. The van der Waals surface area contributed by atoms with Gasteiger partial charge in [-0.05, 0) is 20.0 Å². The van der Waals surface area contributed by atoms with Crippen LogP contribution in [0.3, 0.4) is 0 Å². The number of nitrogens with two attached hydrogens (primary N) is 1. The zero-order valence-electron chi connectivity index (χ0n) is 9.21. The first-order chi connectivity index (χ1) is 6.72. The monoisotopic (exact) mass is 197 g/mol. The highest BCUT2D eigenvalue weighted by molar-refractivity contribution is 5.21. The Bertz CT molecular complexity index is 279. The highest BCUT2D eigenvalue weighted by atomic mass is 16.5. The lowest BCUT2D eigenvalue weighted by atomic mass is 10.2. The van der Waals surface area contributed by atoms with E-state index in [1.165, 1.54) is 0 Å². The predicted octanol–water partition coefficient (Wildman–Crippen LogP) is 1.28. The van der Waals surface area contributed by atoms with Crippen molar-refractivity contribution in [2.45, 2.75) is 33.9 Å². The van der Waals surface area contributed by atoms with Crippen LogP contribution in [0.25, 0.3) is 0 Å². The number of nitrogens with zero attached hydrogens (tertiary/aromatic N) is 2. The summed E-state index contributed by atoms with van der Waals surface area (Å²) in [5, 5.41) is 4.03. The molecule has 1 rings (SSSR count). The standard InChI is InChI=1S/C10H19N3O/c1-4-13(5-2)7-10-9(6-11)8(3)14-12-10/h4-7,11H2,1-3H3. The van der Waals surface area contributed by atoms with E-state index >= 15 is 0 Å². The molecule has 0 saturated heterocycles. The fourth-order valence-corrected chi connectivity index (χ4v) is 1.48. The normalized spacial score (nSPS) is 11.2. The Balaban J connectivity index is 2.74. The molecule has 1 aromatic rings. The molecule has 0 fully saturated rings. The maximum atomic E-state index is 5.64. The first kappa shape index (κ1) is 11.2. The highest BCUT2D eigenvalue weighted by Crippen LogP contribution is 2.14. The van der Waals surface area contributed by atoms with Crippen LogP contribution in [0, 0.1) is 6.92 Å². The van der Waals surface area contributed by atoms with Crippen molar-refractivity contribution in [1.82, 2.24) is 10.1 Å². The molecule has 0 atom stereocenters. The molecule has 80 valence electrons. The fourth-order valence-electron chi connectivity index (χ4n) is 1.48. The van der Waals surface area contributed by atoms with Crippen LogP contribution in [0.2, 0.25) is 0 Å². The number of aromatic nitrogens is 1. The molecule has 0 aromatic carbocycles. The maximum absolute atomic E-state index is 5.64. The number of rotatable bonds is 5. The van der Waals surface area contributed by atoms with E-state index < -0.39 is 0 Å². The smallest absolute Gasteiger partial charge is 0.138 e. The average molecular weight is 197 g/mol. The fraction of sp³-hybridized carbons (Fsp3) is 0.700. The lowest BCUT2D eigenvalue weighted by molar-refractivity contribution is 0.282. The molecule has 0 unspecified atom stereocenters. The van der Waals surface area contributed by atoms with Crippen molar-refractivity contribution >= 4 is 0 Å². The summed E-state index contributed by atoms with van der Waals surface area (Å²) in [4.78, 5) is 2.29. The third kappa shape index (κ3) is 2.33. The van der Waals surface area contributed by atoms with Crippen molar-refractivity contribution in [3.8, 4) is 0 Å². The second-order valence-corrected chi connectivity index (χ2v) is 3.33. The summed E-state index contributed by atoms with van der Waals surface area (Å²) in [6.45, 7) is 9.56. The van der Waals surface area contributed by atoms with Gasteiger partial charge in [-0.15, -0.1) is 0 Å². The second-order valence-electron chi connectivity index (χ2n) is 3.33. The number of hydrogen-bond donors (Lipinski definition) is 1. The number of aryl methyl sites for hydroxylation is 1. The van der Waals surface area contributed by atoms with Crippen LogP contribution in [0.5, 0.6) is 0 Å². The molecule has 4 nitrogen and oxygen atoms in total. The maximum Gasteiger partial charge on any atom is 0.138 e. The van der Waals surface area contributed by atoms with E-state index in [4.69, 9.17) is 10.3 Å². The molecule has 0 aliphatic rings. The van der Waals surface area contributed by atoms with Crippen molar-refractivity contribution in [3.05, 3.63) is 17.0 Å². The minimum atomic E-state index is 0.506. The summed E-state index contributed by atoms with van der Waals surface area (Å²) < 4.78 is 5.12. The summed E-state index contributed by atoms with van der Waals surface area (Å²) in [5.41, 5.74) is 7.67. The molecule has 1 aromatic heterocycles. The Morgan fingerprint density at radius 2 is 2.00 bits per heavy atom. The summed E-state index contributed by atoms with van der Waals surface area (Å²) >= 11 is 0. The molecule has 0 spiro atoms. The molecule has 0 aliphatic carbocycles. The first-order valence-corrected chi connectivity index (χ1v) is 5.09. The van der Waals surface area contributed by atoms with E-state index in [9.17, 15) is 0 Å². The van der Waals surface area contributed by atoms with Crippen LogP contribution >= 0.6 is 0 Å². The number of hydrogen-bond acceptors (Lipinski definition) is 4. The molecule has 2 N–H and O–H groups in total. The van der Waals surface area contributed by atoms with Crippen molar-refractivity contribution in [2.24, 2.45) is 5.73 Å². The van der Waals surface area contributed by atoms with E-state index in [2.05, 4.69) is 23.9 Å². The van der Waals surface area contributed by atoms with Gasteiger partial charge in [0.2, 0.25) is 0 Å².